The smallest absolute Gasteiger partial charge is 0.330 e. The van der Waals surface area contributed by atoms with E-state index in [2.05, 4.69) is 4.98 Å². The van der Waals surface area contributed by atoms with Gasteiger partial charge in [-0.15, -0.1) is 0 Å². The maximum Gasteiger partial charge on any atom is 0.330 e. The number of carbonyl (C=O) groups is 1. The van der Waals surface area contributed by atoms with Crippen LogP contribution in [0.4, 0.5) is 0 Å². The minimum atomic E-state index is -0.789. The van der Waals surface area contributed by atoms with E-state index in [4.69, 9.17) is 19.9 Å². The number of H-pyrrole nitrogens is 1. The summed E-state index contributed by atoms with van der Waals surface area (Å²) in [4.78, 5) is 37.0. The van der Waals surface area contributed by atoms with Crippen LogP contribution in [0.2, 0.25) is 0 Å². The molecule has 23 heavy (non-hydrogen) atoms. The summed E-state index contributed by atoms with van der Waals surface area (Å²) in [7, 11) is 0. The summed E-state index contributed by atoms with van der Waals surface area (Å²) >= 11 is 0. The van der Waals surface area contributed by atoms with Gasteiger partial charge in [-0.3, -0.25) is 19.1 Å². The van der Waals surface area contributed by atoms with E-state index in [-0.39, 0.29) is 19.1 Å². The molecule has 0 unspecified atom stereocenters. The number of hydrogen-bond acceptors (Lipinski definition) is 7. The van der Waals surface area contributed by atoms with Gasteiger partial charge in [0.1, 0.15) is 12.6 Å². The van der Waals surface area contributed by atoms with Gasteiger partial charge in [0.15, 0.2) is 12.5 Å². The minimum Gasteiger partial charge on any atom is -0.459 e. The van der Waals surface area contributed by atoms with E-state index in [0.29, 0.717) is 5.56 Å². The Kier molecular flexibility index (Phi) is 5.34. The van der Waals surface area contributed by atoms with E-state index in [1.807, 2.05) is 13.8 Å². The summed E-state index contributed by atoms with van der Waals surface area (Å²) in [5.41, 5.74) is 5.02. The van der Waals surface area contributed by atoms with E-state index >= 15 is 0 Å². The number of hydrogen-bond donors (Lipinski definition) is 2. The summed E-state index contributed by atoms with van der Waals surface area (Å²) in [5.74, 6) is -0.573. The topological polar surface area (TPSA) is 126 Å². The fourth-order valence-electron chi connectivity index (χ4n) is 2.00. The normalized spacial score (nSPS) is 22.3. The average molecular weight is 327 g/mol. The van der Waals surface area contributed by atoms with Crippen LogP contribution in [0.3, 0.4) is 0 Å². The Morgan fingerprint density at radius 3 is 2.87 bits per heavy atom. The molecular formula is C14H21N3O6. The first-order valence-corrected chi connectivity index (χ1v) is 7.31. The van der Waals surface area contributed by atoms with Crippen LogP contribution in [0, 0.1) is 12.8 Å². The fraction of sp³-hybridized carbons (Fsp3) is 0.643. The zero-order valence-corrected chi connectivity index (χ0v) is 13.3. The number of carbonyl (C=O) groups excluding carboxylic acids is 1. The number of ether oxygens (including phenoxy) is 3. The van der Waals surface area contributed by atoms with Crippen LogP contribution in [-0.2, 0) is 19.0 Å². The van der Waals surface area contributed by atoms with E-state index in [9.17, 15) is 14.4 Å². The third-order valence-corrected chi connectivity index (χ3v) is 3.54. The molecule has 1 aliphatic heterocycles. The molecule has 3 atom stereocenters. The van der Waals surface area contributed by atoms with Crippen LogP contribution >= 0.6 is 0 Å². The van der Waals surface area contributed by atoms with Gasteiger partial charge in [-0.2, -0.15) is 0 Å². The number of nitrogens with zero attached hydrogens (tertiary/aromatic N) is 1. The second-order valence-electron chi connectivity index (χ2n) is 5.73. The Labute approximate surface area is 132 Å². The van der Waals surface area contributed by atoms with Gasteiger partial charge < -0.3 is 19.9 Å². The van der Waals surface area contributed by atoms with Crippen molar-refractivity contribution >= 4 is 5.97 Å². The molecule has 1 fully saturated rings. The lowest BCUT2D eigenvalue weighted by molar-refractivity contribution is -0.161. The summed E-state index contributed by atoms with van der Waals surface area (Å²) in [6.07, 6.45) is -0.0823. The van der Waals surface area contributed by atoms with Crippen LogP contribution in [0.5, 0.6) is 0 Å². The quantitative estimate of drug-likeness (QED) is 0.681. The summed E-state index contributed by atoms with van der Waals surface area (Å²) < 4.78 is 17.1. The predicted octanol–water partition coefficient (Wildman–Crippen LogP) is -0.757. The van der Waals surface area contributed by atoms with E-state index in [1.54, 1.807) is 6.92 Å². The highest BCUT2D eigenvalue weighted by Crippen LogP contribution is 2.19. The Morgan fingerprint density at radius 1 is 1.52 bits per heavy atom. The lowest BCUT2D eigenvalue weighted by Crippen LogP contribution is -2.38. The molecular weight excluding hydrogens is 306 g/mol. The van der Waals surface area contributed by atoms with Gasteiger partial charge in [-0.1, -0.05) is 13.8 Å². The average Bonchev–Trinajstić information content (AvgIpc) is 2.96. The Balaban J connectivity index is 1.94. The van der Waals surface area contributed by atoms with Gasteiger partial charge in [0.2, 0.25) is 0 Å². The predicted molar refractivity (Wildman–Crippen MR) is 79.7 cm³/mol. The van der Waals surface area contributed by atoms with Gasteiger partial charge in [0.25, 0.3) is 5.56 Å². The standard InChI is InChI=1S/C14H21N3O6/c1-7(2)11(15)13(19)22-6-10-21-5-9(23-10)17-4-8(3)12(18)16-14(17)20/h4,7,9-11H,5-6,15H2,1-3H3,(H,16,18,20)/t9-,10-,11+/m1/s1. The maximum absolute atomic E-state index is 11.8. The Bertz CT molecular complexity index is 680. The lowest BCUT2D eigenvalue weighted by Gasteiger charge is -2.17. The molecule has 3 N–H and O–H groups in total. The van der Waals surface area contributed by atoms with Crippen LogP contribution in [-0.4, -0.2) is 41.1 Å². The van der Waals surface area contributed by atoms with Crippen LogP contribution < -0.4 is 17.0 Å². The Hall–Kier alpha value is -1.97. The van der Waals surface area contributed by atoms with Crippen molar-refractivity contribution in [1.82, 2.24) is 9.55 Å². The highest BCUT2D eigenvalue weighted by atomic mass is 16.7. The molecule has 1 aliphatic rings. The molecule has 0 amide bonds. The number of aryl methyl sites for hydroxylation is 1. The molecule has 2 rings (SSSR count). The first-order chi connectivity index (χ1) is 10.8. The first-order valence-electron chi connectivity index (χ1n) is 7.31. The fourth-order valence-corrected chi connectivity index (χ4v) is 2.00. The third kappa shape index (κ3) is 4.06. The maximum atomic E-state index is 11.8. The van der Waals surface area contributed by atoms with Crippen LogP contribution in [0.1, 0.15) is 25.6 Å². The first kappa shape index (κ1) is 17.4. The molecule has 1 aromatic heterocycles. The van der Waals surface area contributed by atoms with Crippen LogP contribution in [0.25, 0.3) is 0 Å². The number of rotatable bonds is 5. The Morgan fingerprint density at radius 2 is 2.22 bits per heavy atom. The van der Waals surface area contributed by atoms with E-state index in [0.717, 1.165) is 0 Å². The summed E-state index contributed by atoms with van der Waals surface area (Å²) in [6, 6.07) is -0.711. The molecule has 9 nitrogen and oxygen atoms in total. The van der Waals surface area contributed by atoms with Crippen molar-refractivity contribution in [2.24, 2.45) is 11.7 Å². The molecule has 1 aromatic rings. The molecule has 0 saturated carbocycles. The number of aromatic amines is 1. The van der Waals surface area contributed by atoms with Crippen molar-refractivity contribution in [2.45, 2.75) is 39.3 Å². The molecule has 9 heteroatoms. The molecule has 128 valence electrons. The van der Waals surface area contributed by atoms with Crippen LogP contribution in [0.15, 0.2) is 15.8 Å². The molecule has 0 radical (unpaired) electrons. The summed E-state index contributed by atoms with van der Waals surface area (Å²) in [6.45, 7) is 5.19. The third-order valence-electron chi connectivity index (χ3n) is 3.54. The van der Waals surface area contributed by atoms with E-state index in [1.165, 1.54) is 10.8 Å². The van der Waals surface area contributed by atoms with Gasteiger partial charge in [0.05, 0.1) is 6.61 Å². The minimum absolute atomic E-state index is 0.0386. The second kappa shape index (κ2) is 7.07. The summed E-state index contributed by atoms with van der Waals surface area (Å²) in [5, 5.41) is 0. The van der Waals surface area contributed by atoms with E-state index < -0.39 is 35.8 Å². The molecule has 2 heterocycles. The monoisotopic (exact) mass is 327 g/mol. The highest BCUT2D eigenvalue weighted by molar-refractivity contribution is 5.75. The highest BCUT2D eigenvalue weighted by Gasteiger charge is 2.30. The molecule has 0 aromatic carbocycles. The number of esters is 1. The SMILES string of the molecule is Cc1cn([C@H]2CO[C@@H](COC(=O)[C@@H](N)C(C)C)O2)c(=O)[nH]c1=O. The lowest BCUT2D eigenvalue weighted by atomic mass is 10.1. The van der Waals surface area contributed by atoms with Crippen molar-refractivity contribution in [3.63, 3.8) is 0 Å². The number of nitrogens with one attached hydrogen (secondary N) is 1. The van der Waals surface area contributed by atoms with Crippen molar-refractivity contribution in [3.8, 4) is 0 Å². The van der Waals surface area contributed by atoms with Crippen molar-refractivity contribution < 1.29 is 19.0 Å². The molecule has 0 spiro atoms. The van der Waals surface area contributed by atoms with Crippen molar-refractivity contribution in [1.29, 1.82) is 0 Å². The molecule has 1 saturated heterocycles. The van der Waals surface area contributed by atoms with Gasteiger partial charge in [-0.05, 0) is 12.8 Å². The zero-order valence-electron chi connectivity index (χ0n) is 13.3. The number of nitrogens with two attached hydrogens (primary N) is 1. The molecule has 0 bridgehead atoms. The largest absolute Gasteiger partial charge is 0.459 e. The van der Waals surface area contributed by atoms with Gasteiger partial charge >= 0.3 is 11.7 Å². The second-order valence-corrected chi connectivity index (χ2v) is 5.73. The molecule has 0 aliphatic carbocycles. The van der Waals surface area contributed by atoms with Crippen molar-refractivity contribution in [3.05, 3.63) is 32.6 Å². The van der Waals surface area contributed by atoms with Gasteiger partial charge in [0, 0.05) is 11.8 Å². The van der Waals surface area contributed by atoms with Crippen molar-refractivity contribution in [2.75, 3.05) is 13.2 Å². The zero-order chi connectivity index (χ0) is 17.1. The van der Waals surface area contributed by atoms with Gasteiger partial charge in [-0.25, -0.2) is 4.79 Å². The number of aromatic nitrogens is 2.